The SMILES string of the molecule is CC(C)(N)c1cncn1-c1ccc(OC(F)(F)F)c(Br)c1. The second-order valence-corrected chi connectivity index (χ2v) is 5.89. The normalized spacial score (nSPS) is 12.5. The van der Waals surface area contributed by atoms with Crippen LogP contribution < -0.4 is 10.5 Å². The van der Waals surface area contributed by atoms with Gasteiger partial charge in [-0.2, -0.15) is 0 Å². The van der Waals surface area contributed by atoms with E-state index in [1.807, 2.05) is 13.8 Å². The lowest BCUT2D eigenvalue weighted by atomic mass is 10.0. The zero-order valence-corrected chi connectivity index (χ0v) is 12.9. The monoisotopic (exact) mass is 363 g/mol. The van der Waals surface area contributed by atoms with Gasteiger partial charge in [0.2, 0.25) is 0 Å². The molecule has 0 fully saturated rings. The Morgan fingerprint density at radius 3 is 2.48 bits per heavy atom. The molecular formula is C13H13BrF3N3O. The van der Waals surface area contributed by atoms with Crippen molar-refractivity contribution < 1.29 is 17.9 Å². The Morgan fingerprint density at radius 2 is 1.95 bits per heavy atom. The van der Waals surface area contributed by atoms with Crippen molar-refractivity contribution in [2.75, 3.05) is 0 Å². The molecule has 0 saturated carbocycles. The van der Waals surface area contributed by atoms with Crippen LogP contribution in [0.4, 0.5) is 13.2 Å². The van der Waals surface area contributed by atoms with Gasteiger partial charge >= 0.3 is 6.36 Å². The fourth-order valence-corrected chi connectivity index (χ4v) is 2.27. The Balaban J connectivity index is 2.40. The molecular weight excluding hydrogens is 351 g/mol. The minimum absolute atomic E-state index is 0.187. The fraction of sp³-hybridized carbons (Fsp3) is 0.308. The van der Waals surface area contributed by atoms with Crippen molar-refractivity contribution in [3.8, 4) is 11.4 Å². The maximum atomic E-state index is 12.2. The standard InChI is InChI=1S/C13H13BrF3N3O/c1-12(2,18)11-6-19-7-20(11)8-3-4-10(9(14)5-8)21-13(15,16)17/h3-7H,18H2,1-2H3. The quantitative estimate of drug-likeness (QED) is 0.903. The molecule has 2 N–H and O–H groups in total. The van der Waals surface area contributed by atoms with E-state index in [4.69, 9.17) is 5.73 Å². The van der Waals surface area contributed by atoms with Crippen LogP contribution in [0.3, 0.4) is 0 Å². The molecule has 0 spiro atoms. The Hall–Kier alpha value is -1.54. The van der Waals surface area contributed by atoms with Gasteiger partial charge in [0.15, 0.2) is 0 Å². The first kappa shape index (κ1) is 15.8. The van der Waals surface area contributed by atoms with Crippen LogP contribution in [0.15, 0.2) is 35.2 Å². The number of nitrogens with two attached hydrogens (primary N) is 1. The number of imidazole rings is 1. The van der Waals surface area contributed by atoms with E-state index in [9.17, 15) is 13.2 Å². The summed E-state index contributed by atoms with van der Waals surface area (Å²) in [5.41, 5.74) is 6.77. The molecule has 0 saturated heterocycles. The highest BCUT2D eigenvalue weighted by atomic mass is 79.9. The Kier molecular flexibility index (Phi) is 4.03. The molecule has 114 valence electrons. The summed E-state index contributed by atoms with van der Waals surface area (Å²) in [7, 11) is 0. The Morgan fingerprint density at radius 1 is 1.29 bits per heavy atom. The highest BCUT2D eigenvalue weighted by Crippen LogP contribution is 2.32. The Bertz CT molecular complexity index is 647. The fourth-order valence-electron chi connectivity index (χ4n) is 1.82. The van der Waals surface area contributed by atoms with Crippen molar-refractivity contribution in [1.82, 2.24) is 9.55 Å². The molecule has 0 unspecified atom stereocenters. The first-order chi connectivity index (χ1) is 9.58. The van der Waals surface area contributed by atoms with Gasteiger partial charge in [-0.25, -0.2) is 4.98 Å². The molecule has 1 heterocycles. The number of hydrogen-bond donors (Lipinski definition) is 1. The molecule has 0 aliphatic rings. The number of hydrogen-bond acceptors (Lipinski definition) is 3. The molecule has 0 atom stereocenters. The maximum Gasteiger partial charge on any atom is 0.573 e. The molecule has 0 amide bonds. The zero-order valence-electron chi connectivity index (χ0n) is 11.3. The van der Waals surface area contributed by atoms with E-state index in [0.717, 1.165) is 5.69 Å². The van der Waals surface area contributed by atoms with Gasteiger partial charge in [0.1, 0.15) is 5.75 Å². The van der Waals surface area contributed by atoms with Gasteiger partial charge in [0.05, 0.1) is 28.2 Å². The zero-order chi connectivity index (χ0) is 15.8. The first-order valence-corrected chi connectivity index (χ1v) is 6.74. The molecule has 2 rings (SSSR count). The minimum Gasteiger partial charge on any atom is -0.405 e. The van der Waals surface area contributed by atoms with Crippen molar-refractivity contribution in [3.63, 3.8) is 0 Å². The second kappa shape index (κ2) is 5.34. The van der Waals surface area contributed by atoms with E-state index in [-0.39, 0.29) is 10.2 Å². The van der Waals surface area contributed by atoms with Gasteiger partial charge in [-0.15, -0.1) is 13.2 Å². The molecule has 21 heavy (non-hydrogen) atoms. The lowest BCUT2D eigenvalue weighted by Gasteiger charge is -2.21. The summed E-state index contributed by atoms with van der Waals surface area (Å²) in [6.45, 7) is 3.63. The third-order valence-corrected chi connectivity index (χ3v) is 3.34. The molecule has 0 bridgehead atoms. The number of rotatable bonds is 3. The average Bonchev–Trinajstić information content (AvgIpc) is 2.78. The molecule has 2 aromatic rings. The smallest absolute Gasteiger partial charge is 0.405 e. The van der Waals surface area contributed by atoms with Gasteiger partial charge < -0.3 is 15.0 Å². The molecule has 0 aliphatic carbocycles. The van der Waals surface area contributed by atoms with Crippen LogP contribution in [0.1, 0.15) is 19.5 Å². The number of aromatic nitrogens is 2. The van der Waals surface area contributed by atoms with Crippen molar-refractivity contribution in [1.29, 1.82) is 0 Å². The Labute approximate surface area is 127 Å². The molecule has 8 heteroatoms. The van der Waals surface area contributed by atoms with Gasteiger partial charge in [0, 0.05) is 5.69 Å². The summed E-state index contributed by atoms with van der Waals surface area (Å²) in [4.78, 5) is 4.03. The lowest BCUT2D eigenvalue weighted by molar-refractivity contribution is -0.274. The number of nitrogens with zero attached hydrogens (tertiary/aromatic N) is 2. The number of alkyl halides is 3. The topological polar surface area (TPSA) is 53.1 Å². The van der Waals surface area contributed by atoms with E-state index in [2.05, 4.69) is 25.7 Å². The summed E-state index contributed by atoms with van der Waals surface area (Å²) in [5.74, 6) is -0.306. The van der Waals surface area contributed by atoms with Gasteiger partial charge in [-0.3, -0.25) is 0 Å². The van der Waals surface area contributed by atoms with Gasteiger partial charge in [-0.05, 0) is 48.0 Å². The summed E-state index contributed by atoms with van der Waals surface area (Å²) >= 11 is 3.07. The summed E-state index contributed by atoms with van der Waals surface area (Å²) in [6, 6.07) is 4.25. The van der Waals surface area contributed by atoms with Crippen molar-refractivity contribution in [2.24, 2.45) is 5.73 Å². The van der Waals surface area contributed by atoms with Crippen LogP contribution in [-0.4, -0.2) is 15.9 Å². The van der Waals surface area contributed by atoms with E-state index < -0.39 is 11.9 Å². The van der Waals surface area contributed by atoms with Crippen LogP contribution in [-0.2, 0) is 5.54 Å². The molecule has 0 aliphatic heterocycles. The predicted molar refractivity (Wildman–Crippen MR) is 75.2 cm³/mol. The highest BCUT2D eigenvalue weighted by Gasteiger charge is 2.32. The third-order valence-electron chi connectivity index (χ3n) is 2.72. The van der Waals surface area contributed by atoms with E-state index in [1.165, 1.54) is 18.2 Å². The second-order valence-electron chi connectivity index (χ2n) is 5.03. The van der Waals surface area contributed by atoms with Crippen LogP contribution in [0.5, 0.6) is 5.75 Å². The van der Waals surface area contributed by atoms with Crippen molar-refractivity contribution >= 4 is 15.9 Å². The largest absolute Gasteiger partial charge is 0.573 e. The predicted octanol–water partition coefficient (Wildman–Crippen LogP) is 3.73. The molecule has 4 nitrogen and oxygen atoms in total. The van der Waals surface area contributed by atoms with E-state index >= 15 is 0 Å². The molecule has 1 aromatic carbocycles. The first-order valence-electron chi connectivity index (χ1n) is 5.95. The van der Waals surface area contributed by atoms with E-state index in [1.54, 1.807) is 17.1 Å². The summed E-state index contributed by atoms with van der Waals surface area (Å²) in [5, 5.41) is 0. The summed E-state index contributed by atoms with van der Waals surface area (Å²) in [6.07, 6.45) is -1.56. The molecule has 1 aromatic heterocycles. The lowest BCUT2D eigenvalue weighted by Crippen LogP contribution is -2.31. The van der Waals surface area contributed by atoms with Crippen LogP contribution in [0, 0.1) is 0 Å². The average molecular weight is 364 g/mol. The van der Waals surface area contributed by atoms with Crippen LogP contribution in [0.2, 0.25) is 0 Å². The van der Waals surface area contributed by atoms with Crippen LogP contribution >= 0.6 is 15.9 Å². The van der Waals surface area contributed by atoms with Crippen molar-refractivity contribution in [3.05, 3.63) is 40.9 Å². The van der Waals surface area contributed by atoms with Crippen LogP contribution in [0.25, 0.3) is 5.69 Å². The van der Waals surface area contributed by atoms with Crippen molar-refractivity contribution in [2.45, 2.75) is 25.7 Å². The minimum atomic E-state index is -4.73. The maximum absolute atomic E-state index is 12.2. The number of halogens is 4. The van der Waals surface area contributed by atoms with Gasteiger partial charge in [-0.1, -0.05) is 0 Å². The third kappa shape index (κ3) is 3.76. The van der Waals surface area contributed by atoms with E-state index in [0.29, 0.717) is 5.69 Å². The summed E-state index contributed by atoms with van der Waals surface area (Å²) < 4.78 is 42.5. The number of ether oxygens (including phenoxy) is 1. The van der Waals surface area contributed by atoms with Gasteiger partial charge in [0.25, 0.3) is 0 Å². The molecule has 0 radical (unpaired) electrons. The highest BCUT2D eigenvalue weighted by molar-refractivity contribution is 9.10. The number of benzene rings is 1.